The van der Waals surface area contributed by atoms with Crippen molar-refractivity contribution in [3.8, 4) is 0 Å². The fourth-order valence-corrected chi connectivity index (χ4v) is 4.23. The van der Waals surface area contributed by atoms with E-state index in [-0.39, 0.29) is 0 Å². The number of hydrogen-bond donors (Lipinski definition) is 0. The third-order valence-corrected chi connectivity index (χ3v) is 4.75. The molecular formula is C17H18S. The van der Waals surface area contributed by atoms with Gasteiger partial charge in [-0.3, -0.25) is 0 Å². The van der Waals surface area contributed by atoms with Gasteiger partial charge in [-0.25, -0.2) is 0 Å². The molecule has 1 heterocycles. The number of allylic oxidation sites excluding steroid dienone is 9. The van der Waals surface area contributed by atoms with Crippen molar-refractivity contribution in [2.24, 2.45) is 5.92 Å². The summed E-state index contributed by atoms with van der Waals surface area (Å²) in [4.78, 5) is 1.44. The molecule has 0 aromatic rings. The van der Waals surface area contributed by atoms with Gasteiger partial charge in [0, 0.05) is 10.8 Å². The second-order valence-corrected chi connectivity index (χ2v) is 6.52. The van der Waals surface area contributed by atoms with Gasteiger partial charge in [0.05, 0.1) is 5.25 Å². The van der Waals surface area contributed by atoms with Crippen molar-refractivity contribution in [1.29, 1.82) is 0 Å². The molecule has 0 amide bonds. The Labute approximate surface area is 114 Å². The molecule has 2 aliphatic carbocycles. The van der Waals surface area contributed by atoms with E-state index in [0.717, 1.165) is 0 Å². The second-order valence-electron chi connectivity index (χ2n) is 5.34. The van der Waals surface area contributed by atoms with Crippen LogP contribution in [0.25, 0.3) is 0 Å². The summed E-state index contributed by atoms with van der Waals surface area (Å²) in [6.45, 7) is 6.56. The summed E-state index contributed by atoms with van der Waals surface area (Å²) in [5, 5.41) is 0.512. The van der Waals surface area contributed by atoms with Crippen LogP contribution in [0, 0.1) is 5.92 Å². The molecule has 1 heteroatoms. The quantitative estimate of drug-likeness (QED) is 0.628. The van der Waals surface area contributed by atoms with E-state index in [4.69, 9.17) is 0 Å². The molecule has 0 bridgehead atoms. The summed E-state index contributed by atoms with van der Waals surface area (Å²) < 4.78 is 0. The molecule has 2 atom stereocenters. The Balaban J connectivity index is 2.04. The minimum Gasteiger partial charge on any atom is -0.113 e. The van der Waals surface area contributed by atoms with Crippen LogP contribution in [0.3, 0.4) is 0 Å². The van der Waals surface area contributed by atoms with Crippen LogP contribution in [0.1, 0.15) is 20.8 Å². The van der Waals surface area contributed by atoms with Crippen LogP contribution in [-0.4, -0.2) is 5.25 Å². The van der Waals surface area contributed by atoms with E-state index >= 15 is 0 Å². The summed E-state index contributed by atoms with van der Waals surface area (Å²) >= 11 is 1.99. The largest absolute Gasteiger partial charge is 0.113 e. The monoisotopic (exact) mass is 254 g/mol. The third kappa shape index (κ3) is 1.97. The topological polar surface area (TPSA) is 0 Å². The normalized spacial score (nSPS) is 28.6. The van der Waals surface area contributed by atoms with Crippen LogP contribution in [-0.2, 0) is 0 Å². The second kappa shape index (κ2) is 4.47. The third-order valence-electron chi connectivity index (χ3n) is 3.50. The Morgan fingerprint density at radius 2 is 2.11 bits per heavy atom. The van der Waals surface area contributed by atoms with Gasteiger partial charge in [-0.2, -0.15) is 0 Å². The van der Waals surface area contributed by atoms with Gasteiger partial charge >= 0.3 is 0 Å². The summed E-state index contributed by atoms with van der Waals surface area (Å²) in [6, 6.07) is 0. The van der Waals surface area contributed by atoms with E-state index < -0.39 is 0 Å². The number of rotatable bonds is 2. The van der Waals surface area contributed by atoms with E-state index in [0.29, 0.717) is 11.2 Å². The SMILES string of the molecule is CC(C)=CC1SC2=CC=CC2=C1C1C=CC(C)=C1. The van der Waals surface area contributed by atoms with Gasteiger partial charge in [0.25, 0.3) is 0 Å². The lowest BCUT2D eigenvalue weighted by Crippen LogP contribution is -2.07. The van der Waals surface area contributed by atoms with Crippen LogP contribution in [0.4, 0.5) is 0 Å². The summed E-state index contributed by atoms with van der Waals surface area (Å²) in [5.41, 5.74) is 5.81. The molecule has 3 aliphatic rings. The Morgan fingerprint density at radius 1 is 1.28 bits per heavy atom. The predicted molar refractivity (Wildman–Crippen MR) is 81.4 cm³/mol. The number of fused-ring (bicyclic) bond motifs is 1. The van der Waals surface area contributed by atoms with Crippen molar-refractivity contribution < 1.29 is 0 Å². The van der Waals surface area contributed by atoms with Crippen molar-refractivity contribution in [2.45, 2.75) is 26.0 Å². The molecule has 0 radical (unpaired) electrons. The molecule has 0 fully saturated rings. The zero-order valence-electron chi connectivity index (χ0n) is 11.1. The highest BCUT2D eigenvalue weighted by molar-refractivity contribution is 8.04. The lowest BCUT2D eigenvalue weighted by atomic mass is 9.92. The molecule has 1 aliphatic heterocycles. The highest BCUT2D eigenvalue weighted by Crippen LogP contribution is 2.49. The minimum absolute atomic E-state index is 0.488. The van der Waals surface area contributed by atoms with E-state index in [1.165, 1.54) is 21.6 Å². The van der Waals surface area contributed by atoms with Gasteiger partial charge in [0.1, 0.15) is 0 Å². The molecule has 0 saturated carbocycles. The summed E-state index contributed by atoms with van der Waals surface area (Å²) in [6.07, 6.45) is 16.0. The molecule has 2 unspecified atom stereocenters. The average molecular weight is 254 g/mol. The first-order valence-corrected chi connectivity index (χ1v) is 7.34. The van der Waals surface area contributed by atoms with Crippen molar-refractivity contribution in [2.75, 3.05) is 0 Å². The van der Waals surface area contributed by atoms with E-state index in [1.807, 2.05) is 11.8 Å². The van der Waals surface area contributed by atoms with Gasteiger partial charge < -0.3 is 0 Å². The molecule has 18 heavy (non-hydrogen) atoms. The molecule has 92 valence electrons. The maximum Gasteiger partial charge on any atom is 0.0505 e. The molecular weight excluding hydrogens is 236 g/mol. The molecule has 3 rings (SSSR count). The maximum atomic E-state index is 2.40. The first kappa shape index (κ1) is 11.9. The van der Waals surface area contributed by atoms with Crippen molar-refractivity contribution in [3.05, 3.63) is 69.7 Å². The summed E-state index contributed by atoms with van der Waals surface area (Å²) in [7, 11) is 0. The van der Waals surface area contributed by atoms with Gasteiger partial charge in [-0.15, -0.1) is 11.8 Å². The van der Waals surface area contributed by atoms with Gasteiger partial charge in [0.15, 0.2) is 0 Å². The standard InChI is InChI=1S/C17H18S/c1-11(2)9-16-17(13-8-7-12(3)10-13)14-5-4-6-15(14)18-16/h4-10,13,16H,1-3H3. The lowest BCUT2D eigenvalue weighted by molar-refractivity contribution is 0.935. The molecule has 0 aromatic carbocycles. The van der Waals surface area contributed by atoms with Crippen LogP contribution in [0.2, 0.25) is 0 Å². The minimum atomic E-state index is 0.488. The number of hydrogen-bond acceptors (Lipinski definition) is 1. The van der Waals surface area contributed by atoms with Crippen LogP contribution in [0.15, 0.2) is 69.7 Å². The lowest BCUT2D eigenvalue weighted by Gasteiger charge is -2.15. The fraction of sp³-hybridized carbons (Fsp3) is 0.294. The highest BCUT2D eigenvalue weighted by Gasteiger charge is 2.32. The number of thioether (sulfide) groups is 1. The Kier molecular flexibility index (Phi) is 2.95. The van der Waals surface area contributed by atoms with Crippen LogP contribution >= 0.6 is 11.8 Å². The molecule has 0 N–H and O–H groups in total. The van der Waals surface area contributed by atoms with Gasteiger partial charge in [-0.1, -0.05) is 47.6 Å². The van der Waals surface area contributed by atoms with E-state index in [1.54, 1.807) is 5.57 Å². The van der Waals surface area contributed by atoms with Crippen molar-refractivity contribution in [3.63, 3.8) is 0 Å². The maximum absolute atomic E-state index is 2.40. The fourth-order valence-electron chi connectivity index (χ4n) is 2.74. The van der Waals surface area contributed by atoms with Crippen LogP contribution in [0.5, 0.6) is 0 Å². The Bertz CT molecular complexity index is 560. The van der Waals surface area contributed by atoms with Crippen molar-refractivity contribution in [1.82, 2.24) is 0 Å². The van der Waals surface area contributed by atoms with Gasteiger partial charge in [-0.05, 0) is 38.0 Å². The smallest absolute Gasteiger partial charge is 0.0505 e. The zero-order chi connectivity index (χ0) is 12.7. The average Bonchev–Trinajstić information content (AvgIpc) is 2.92. The molecule has 0 spiro atoms. The molecule has 0 nitrogen and oxygen atoms in total. The van der Waals surface area contributed by atoms with Crippen molar-refractivity contribution >= 4 is 11.8 Å². The highest BCUT2D eigenvalue weighted by atomic mass is 32.2. The zero-order valence-corrected chi connectivity index (χ0v) is 11.9. The molecule has 0 aromatic heterocycles. The van der Waals surface area contributed by atoms with Gasteiger partial charge in [0.2, 0.25) is 0 Å². The Hall–Kier alpha value is -1.21. The predicted octanol–water partition coefficient (Wildman–Crippen LogP) is 4.95. The summed E-state index contributed by atoms with van der Waals surface area (Å²) in [5.74, 6) is 0.488. The first-order chi connectivity index (χ1) is 8.65. The van der Waals surface area contributed by atoms with E-state index in [9.17, 15) is 0 Å². The Morgan fingerprint density at radius 3 is 2.78 bits per heavy atom. The van der Waals surface area contributed by atoms with Crippen LogP contribution < -0.4 is 0 Å². The first-order valence-electron chi connectivity index (χ1n) is 6.46. The van der Waals surface area contributed by atoms with E-state index in [2.05, 4.69) is 63.3 Å². The molecule has 0 saturated heterocycles.